The van der Waals surface area contributed by atoms with E-state index < -0.39 is 0 Å². The zero-order valence-electron chi connectivity index (χ0n) is 17.8. The Morgan fingerprint density at radius 1 is 1.21 bits per heavy atom. The fourth-order valence-electron chi connectivity index (χ4n) is 4.11. The summed E-state index contributed by atoms with van der Waals surface area (Å²) in [6, 6.07) is 1.84. The van der Waals surface area contributed by atoms with Crippen molar-refractivity contribution in [3.05, 3.63) is 40.6 Å². The number of rotatable bonds is 4. The first-order chi connectivity index (χ1) is 13.8. The monoisotopic (exact) mass is 396 g/mol. The van der Waals surface area contributed by atoms with Crippen LogP contribution in [0.25, 0.3) is 11.3 Å². The second kappa shape index (κ2) is 7.50. The lowest BCUT2D eigenvalue weighted by Crippen LogP contribution is -2.41. The van der Waals surface area contributed by atoms with E-state index in [9.17, 15) is 4.79 Å². The second-order valence-electron chi connectivity index (χ2n) is 7.99. The number of carbonyl (C=O) groups excluding carboxylic acids is 1. The minimum absolute atomic E-state index is 0.0732. The molecule has 4 heterocycles. The van der Waals surface area contributed by atoms with E-state index in [1.807, 2.05) is 56.6 Å². The average Bonchev–Trinajstić information content (AvgIpc) is 3.36. The predicted molar refractivity (Wildman–Crippen MR) is 108 cm³/mol. The lowest BCUT2D eigenvalue weighted by atomic mass is 9.96. The molecule has 1 amide bonds. The van der Waals surface area contributed by atoms with E-state index in [0.29, 0.717) is 5.76 Å². The van der Waals surface area contributed by atoms with Crippen molar-refractivity contribution in [3.63, 3.8) is 0 Å². The summed E-state index contributed by atoms with van der Waals surface area (Å²) in [4.78, 5) is 15.2. The third-order valence-corrected chi connectivity index (χ3v) is 5.92. The molecule has 1 fully saturated rings. The van der Waals surface area contributed by atoms with Gasteiger partial charge < -0.3 is 9.42 Å². The fourth-order valence-corrected chi connectivity index (χ4v) is 4.11. The first-order valence-corrected chi connectivity index (χ1v) is 10.1. The summed E-state index contributed by atoms with van der Waals surface area (Å²) < 4.78 is 9.10. The summed E-state index contributed by atoms with van der Waals surface area (Å²) in [7, 11) is 1.89. The molecule has 4 rings (SSSR count). The zero-order chi connectivity index (χ0) is 20.7. The maximum atomic E-state index is 13.3. The third kappa shape index (κ3) is 3.59. The van der Waals surface area contributed by atoms with Crippen LogP contribution in [0.1, 0.15) is 53.6 Å². The highest BCUT2D eigenvalue weighted by atomic mass is 16.5. The van der Waals surface area contributed by atoms with Gasteiger partial charge in [0.2, 0.25) is 5.91 Å². The van der Waals surface area contributed by atoms with E-state index in [2.05, 4.69) is 10.3 Å². The molecule has 8 heteroatoms. The summed E-state index contributed by atoms with van der Waals surface area (Å²) in [5.41, 5.74) is 5.76. The Kier molecular flexibility index (Phi) is 5.02. The van der Waals surface area contributed by atoms with Crippen LogP contribution in [0, 0.1) is 27.7 Å². The van der Waals surface area contributed by atoms with Crippen molar-refractivity contribution in [2.24, 2.45) is 7.05 Å². The van der Waals surface area contributed by atoms with Gasteiger partial charge in [-0.3, -0.25) is 14.2 Å². The van der Waals surface area contributed by atoms with E-state index in [-0.39, 0.29) is 18.5 Å². The predicted octanol–water partition coefficient (Wildman–Crippen LogP) is 3.26. The van der Waals surface area contributed by atoms with Crippen molar-refractivity contribution >= 4 is 5.91 Å². The fraction of sp³-hybridized carbons (Fsp3) is 0.524. The van der Waals surface area contributed by atoms with E-state index in [4.69, 9.17) is 9.62 Å². The Hall–Kier alpha value is -2.90. The van der Waals surface area contributed by atoms with Gasteiger partial charge in [0.25, 0.3) is 0 Å². The molecule has 154 valence electrons. The van der Waals surface area contributed by atoms with Crippen molar-refractivity contribution in [1.29, 1.82) is 0 Å². The summed E-state index contributed by atoms with van der Waals surface area (Å²) in [5.74, 6) is 0.767. The van der Waals surface area contributed by atoms with Crippen LogP contribution in [0.4, 0.5) is 0 Å². The van der Waals surface area contributed by atoms with Gasteiger partial charge in [-0.25, -0.2) is 0 Å². The first kappa shape index (κ1) is 19.4. The second-order valence-corrected chi connectivity index (χ2v) is 7.99. The van der Waals surface area contributed by atoms with E-state index >= 15 is 0 Å². The molecule has 29 heavy (non-hydrogen) atoms. The largest absolute Gasteiger partial charge is 0.356 e. The van der Waals surface area contributed by atoms with Crippen LogP contribution in [0.2, 0.25) is 0 Å². The Bertz CT molecular complexity index is 1040. The van der Waals surface area contributed by atoms with Crippen LogP contribution in [-0.4, -0.2) is 42.1 Å². The Balaban J connectivity index is 1.65. The SMILES string of the molecule is Cc1cc(-c2cn(C)nc2[C@@H]2CCCCN2C(=O)Cn2nc(C)c(C)c2C)on1. The van der Waals surface area contributed by atoms with Gasteiger partial charge in [-0.2, -0.15) is 10.2 Å². The van der Waals surface area contributed by atoms with Crippen LogP contribution in [0.5, 0.6) is 0 Å². The standard InChI is InChI=1S/C21H28N6O2/c1-13-10-19(29-24-13)17-11-25(5)23-21(17)18-8-6-7-9-26(18)20(28)12-27-16(4)14(2)15(3)22-27/h10-11,18H,6-9,12H2,1-5H3/t18-/m0/s1. The van der Waals surface area contributed by atoms with Gasteiger partial charge >= 0.3 is 0 Å². The molecule has 0 radical (unpaired) electrons. The Morgan fingerprint density at radius 3 is 2.66 bits per heavy atom. The van der Waals surface area contributed by atoms with Crippen molar-refractivity contribution in [3.8, 4) is 11.3 Å². The molecule has 0 aromatic carbocycles. The van der Waals surface area contributed by atoms with Crippen LogP contribution in [0.15, 0.2) is 16.8 Å². The molecule has 0 N–H and O–H groups in total. The third-order valence-electron chi connectivity index (χ3n) is 5.92. The lowest BCUT2D eigenvalue weighted by Gasteiger charge is -2.35. The highest BCUT2D eigenvalue weighted by Gasteiger charge is 2.33. The van der Waals surface area contributed by atoms with Crippen LogP contribution in [-0.2, 0) is 18.4 Å². The molecular formula is C21H28N6O2. The molecule has 0 saturated carbocycles. The molecule has 3 aromatic heterocycles. The van der Waals surface area contributed by atoms with E-state index in [1.54, 1.807) is 4.68 Å². The summed E-state index contributed by atoms with van der Waals surface area (Å²) in [6.07, 6.45) is 4.90. The number of aryl methyl sites for hydroxylation is 3. The molecular weight excluding hydrogens is 368 g/mol. The molecule has 0 spiro atoms. The highest BCUT2D eigenvalue weighted by molar-refractivity contribution is 5.77. The number of amides is 1. The smallest absolute Gasteiger partial charge is 0.244 e. The van der Waals surface area contributed by atoms with Crippen LogP contribution in [0.3, 0.4) is 0 Å². The number of piperidine rings is 1. The molecule has 0 bridgehead atoms. The number of hydrogen-bond donors (Lipinski definition) is 0. The van der Waals surface area contributed by atoms with Crippen LogP contribution < -0.4 is 0 Å². The Morgan fingerprint density at radius 2 is 2.00 bits per heavy atom. The van der Waals surface area contributed by atoms with Crippen molar-refractivity contribution in [2.75, 3.05) is 6.54 Å². The van der Waals surface area contributed by atoms with E-state index in [0.717, 1.165) is 59.7 Å². The summed E-state index contributed by atoms with van der Waals surface area (Å²) >= 11 is 0. The molecule has 0 unspecified atom stereocenters. The quantitative estimate of drug-likeness (QED) is 0.676. The Labute approximate surface area is 170 Å². The van der Waals surface area contributed by atoms with Gasteiger partial charge in [-0.15, -0.1) is 0 Å². The van der Waals surface area contributed by atoms with Gasteiger partial charge in [-0.05, 0) is 52.5 Å². The molecule has 3 aromatic rings. The molecule has 0 aliphatic carbocycles. The van der Waals surface area contributed by atoms with Gasteiger partial charge in [-0.1, -0.05) is 5.16 Å². The summed E-state index contributed by atoms with van der Waals surface area (Å²) in [5, 5.41) is 13.3. The normalized spacial score (nSPS) is 17.1. The number of hydrogen-bond acceptors (Lipinski definition) is 5. The molecule has 8 nitrogen and oxygen atoms in total. The molecule has 1 aliphatic rings. The van der Waals surface area contributed by atoms with Gasteiger partial charge in [0.05, 0.1) is 28.7 Å². The lowest BCUT2D eigenvalue weighted by molar-refractivity contribution is -0.136. The van der Waals surface area contributed by atoms with Gasteiger partial charge in [0.1, 0.15) is 6.54 Å². The van der Waals surface area contributed by atoms with Crippen molar-refractivity contribution in [1.82, 2.24) is 29.6 Å². The minimum atomic E-state index is -0.0732. The van der Waals surface area contributed by atoms with E-state index in [1.165, 1.54) is 0 Å². The topological polar surface area (TPSA) is 82.0 Å². The average molecular weight is 396 g/mol. The van der Waals surface area contributed by atoms with Crippen molar-refractivity contribution in [2.45, 2.75) is 59.5 Å². The van der Waals surface area contributed by atoms with Crippen LogP contribution >= 0.6 is 0 Å². The minimum Gasteiger partial charge on any atom is -0.356 e. The molecule has 1 saturated heterocycles. The van der Waals surface area contributed by atoms with Crippen molar-refractivity contribution < 1.29 is 9.32 Å². The summed E-state index contributed by atoms with van der Waals surface area (Å²) in [6.45, 7) is 8.91. The zero-order valence-corrected chi connectivity index (χ0v) is 17.8. The molecule has 1 atom stereocenters. The number of nitrogens with zero attached hydrogens (tertiary/aromatic N) is 6. The number of aromatic nitrogens is 5. The molecule has 1 aliphatic heterocycles. The number of carbonyl (C=O) groups is 1. The highest BCUT2D eigenvalue weighted by Crippen LogP contribution is 2.36. The first-order valence-electron chi connectivity index (χ1n) is 10.1. The van der Waals surface area contributed by atoms with Gasteiger partial charge in [0, 0.05) is 31.5 Å². The van der Waals surface area contributed by atoms with Gasteiger partial charge in [0.15, 0.2) is 5.76 Å². The number of likely N-dealkylation sites (tertiary alicyclic amines) is 1. The maximum absolute atomic E-state index is 13.3. The maximum Gasteiger partial charge on any atom is 0.244 e.